The van der Waals surface area contributed by atoms with Crippen LogP contribution in [0.3, 0.4) is 0 Å². The average molecular weight is 1800 g/mol. The molecule has 4 heterocycles. The average Bonchev–Trinajstić information content (AvgIpc) is 1.68. The van der Waals surface area contributed by atoms with Crippen molar-refractivity contribution in [1.29, 1.82) is 0 Å². The van der Waals surface area contributed by atoms with Crippen LogP contribution < -0.4 is 11.2 Å². The van der Waals surface area contributed by atoms with Crippen molar-refractivity contribution in [1.82, 2.24) is 15.0 Å². The molecule has 0 spiro atoms. The maximum Gasteiger partial charge on any atom is 0.495 e. The van der Waals surface area contributed by atoms with Crippen LogP contribution in [0.2, 0.25) is 0 Å². The predicted molar refractivity (Wildman–Crippen MR) is 543 cm³/mol. The van der Waals surface area contributed by atoms with Crippen molar-refractivity contribution in [3.8, 4) is 55.6 Å². The van der Waals surface area contributed by atoms with Crippen LogP contribution >= 0.6 is 47.8 Å². The van der Waals surface area contributed by atoms with E-state index in [-0.39, 0.29) is 18.3 Å². The summed E-state index contributed by atoms with van der Waals surface area (Å²) in [5.41, 5.74) is 22.8. The quantitative estimate of drug-likeness (QED) is 0.0773. The summed E-state index contributed by atoms with van der Waals surface area (Å²) in [6, 6.07) is 132. The number of nitrogens with two attached hydrogens (primary N) is 1. The largest absolute Gasteiger partial charge is 0.495 e. The van der Waals surface area contributed by atoms with Gasteiger partial charge in [-0.25, -0.2) is 0 Å². The standard InChI is InChI=1S/C37H23N.C25H22BNO2.C19H10BrN.C18H13Br.C16H10BrN/c1-3-8-24(9-4-1)29-21-30(25-10-5-2-6-11-25)23-31(22-29)32-16-13-26-14-18-34-36-27(15-17-33(32)35(26)36)20-28-12-7-19-38-37(28)34;1-24(2)25(3,4)29-26(28-24)20-12-9-15-7-11-19-22-16(8-10-18(20)21(15)22)14-17-6-5-13-27-23(17)19;20-16-8-5-11-3-7-15-18-12(4-6-14(16)17(11)18)10-13-2-1-9-21-19(13)15;19-18-12-16(14-7-3-1-4-8-14)11-17(13-18)15-9-5-2-6-10-15;17-13-7-3-9-2-6-12-14(18)8-4-10-1-5-11(13)15(9)16(10)12/h1-23H;5-14H,1-4H3;1-10H;1-13H;1-8H,18H2. The molecular formula is C115H78BBr3N4O2. The van der Waals surface area contributed by atoms with Gasteiger partial charge < -0.3 is 15.0 Å². The van der Waals surface area contributed by atoms with E-state index >= 15 is 0 Å². The van der Waals surface area contributed by atoms with E-state index < -0.39 is 0 Å². The number of nitrogens with zero attached hydrogens (tertiary/aromatic N) is 3. The maximum atomic E-state index is 6.38. The Labute approximate surface area is 748 Å². The summed E-state index contributed by atoms with van der Waals surface area (Å²) < 4.78 is 16.1. The lowest BCUT2D eigenvalue weighted by atomic mass is 9.74. The number of benzene rings is 22. The zero-order valence-electron chi connectivity index (χ0n) is 68.9. The minimum absolute atomic E-state index is 0.359. The van der Waals surface area contributed by atoms with E-state index in [0.29, 0.717) is 0 Å². The van der Waals surface area contributed by atoms with Gasteiger partial charge in [0.15, 0.2) is 0 Å². The van der Waals surface area contributed by atoms with E-state index in [9.17, 15) is 0 Å². The number of aromatic nitrogens is 3. The maximum absolute atomic E-state index is 6.38. The van der Waals surface area contributed by atoms with Gasteiger partial charge in [-0.2, -0.15) is 0 Å². The van der Waals surface area contributed by atoms with Crippen LogP contribution in [-0.2, 0) is 9.31 Å². The molecule has 0 saturated carbocycles. The zero-order valence-corrected chi connectivity index (χ0v) is 73.7. The van der Waals surface area contributed by atoms with Crippen molar-refractivity contribution in [3.05, 3.63) is 402 Å². The molecule has 0 aliphatic carbocycles. The summed E-state index contributed by atoms with van der Waals surface area (Å²) in [6.45, 7) is 8.39. The predicted octanol–water partition coefficient (Wildman–Crippen LogP) is 32.2. The number of anilines is 1. The van der Waals surface area contributed by atoms with E-state index in [2.05, 4.69) is 419 Å². The van der Waals surface area contributed by atoms with Gasteiger partial charge in [0.05, 0.1) is 27.8 Å². The van der Waals surface area contributed by atoms with Crippen molar-refractivity contribution < 1.29 is 9.31 Å². The Kier molecular flexibility index (Phi) is 19.4. The molecule has 3 aromatic heterocycles. The second kappa shape index (κ2) is 31.3. The van der Waals surface area contributed by atoms with Crippen LogP contribution in [0, 0.1) is 0 Å². The highest BCUT2D eigenvalue weighted by Gasteiger charge is 2.52. The molecule has 25 aromatic rings. The molecule has 1 fully saturated rings. The van der Waals surface area contributed by atoms with Gasteiger partial charge in [-0.1, -0.05) is 327 Å². The first kappa shape index (κ1) is 77.5. The van der Waals surface area contributed by atoms with E-state index in [0.717, 1.165) is 46.5 Å². The summed E-state index contributed by atoms with van der Waals surface area (Å²) in [6.07, 6.45) is 5.63. The normalized spacial score (nSPS) is 13.2. The molecule has 1 aliphatic rings. The second-order valence-corrected chi connectivity index (χ2v) is 36.3. The fourth-order valence-corrected chi connectivity index (χ4v) is 20.4. The number of hydrogen-bond donors (Lipinski definition) is 1. The monoisotopic (exact) mass is 1790 g/mol. The molecular weight excluding hydrogens is 1720 g/mol. The first-order valence-corrected chi connectivity index (χ1v) is 44.6. The van der Waals surface area contributed by atoms with Gasteiger partial charge in [-0.3, -0.25) is 15.0 Å². The Bertz CT molecular complexity index is 8280. The van der Waals surface area contributed by atoms with Crippen LogP contribution in [0.25, 0.3) is 218 Å². The SMILES string of the molecule is Brc1cc(-c2ccccc2)cc(-c2ccccc2)c1.Brc1ccc2ccc3c4ncccc4cc4ccc1c2c43.CC1(C)OB(c2ccc3ccc4c5ncccc5cc5ccc2c3c54)OC1(C)C.Nc1ccc2ccc3c(Br)ccc4ccc1c2c43.c1ccc(-c2cc(-c3ccccc3)cc(-c3ccc4ccc5c6ncccc6cc6ccc3c4c65)c2)cc1. The van der Waals surface area contributed by atoms with Crippen molar-refractivity contribution in [2.45, 2.75) is 38.9 Å². The van der Waals surface area contributed by atoms with Crippen molar-refractivity contribution in [3.63, 3.8) is 0 Å². The van der Waals surface area contributed by atoms with E-state index in [1.807, 2.05) is 55.0 Å². The Hall–Kier alpha value is -13.5. The highest BCUT2D eigenvalue weighted by Crippen LogP contribution is 2.48. The van der Waals surface area contributed by atoms with Crippen molar-refractivity contribution in [2.75, 3.05) is 5.73 Å². The zero-order chi connectivity index (χ0) is 84.3. The molecule has 10 heteroatoms. The number of halogens is 3. The summed E-state index contributed by atoms with van der Waals surface area (Å²) in [5.74, 6) is 0. The van der Waals surface area contributed by atoms with Crippen molar-refractivity contribution in [2.24, 2.45) is 0 Å². The van der Waals surface area contributed by atoms with Crippen LogP contribution in [0.1, 0.15) is 27.7 Å². The fourth-order valence-electron chi connectivity index (χ4n) is 19.0. The van der Waals surface area contributed by atoms with Crippen molar-refractivity contribution >= 4 is 228 Å². The molecule has 2 N–H and O–H groups in total. The van der Waals surface area contributed by atoms with Gasteiger partial charge in [-0.15, -0.1) is 0 Å². The number of rotatable bonds is 6. The third-order valence-corrected chi connectivity index (χ3v) is 27.6. The second-order valence-electron chi connectivity index (χ2n) is 33.6. The molecule has 125 heavy (non-hydrogen) atoms. The van der Waals surface area contributed by atoms with Gasteiger partial charge in [0.1, 0.15) is 0 Å². The van der Waals surface area contributed by atoms with Crippen LogP contribution in [0.5, 0.6) is 0 Å². The fraction of sp³-hybridized carbons (Fsp3) is 0.0522. The summed E-state index contributed by atoms with van der Waals surface area (Å²) in [7, 11) is -0.376. The van der Waals surface area contributed by atoms with Crippen LogP contribution in [0.15, 0.2) is 402 Å². The molecule has 0 bridgehead atoms. The molecule has 6 nitrogen and oxygen atoms in total. The van der Waals surface area contributed by atoms with Crippen LogP contribution in [-0.4, -0.2) is 33.3 Å². The molecule has 1 saturated heterocycles. The third kappa shape index (κ3) is 13.7. The van der Waals surface area contributed by atoms with Gasteiger partial charge in [0, 0.05) is 75.4 Å². The summed E-state index contributed by atoms with van der Waals surface area (Å²) in [4.78, 5) is 14.0. The lowest BCUT2D eigenvalue weighted by molar-refractivity contribution is 0.00578. The molecule has 594 valence electrons. The number of fused-ring (bicyclic) bond motifs is 6. The topological polar surface area (TPSA) is 83.2 Å². The summed E-state index contributed by atoms with van der Waals surface area (Å²) >= 11 is 10.9. The highest BCUT2D eigenvalue weighted by atomic mass is 79.9. The van der Waals surface area contributed by atoms with Gasteiger partial charge in [0.25, 0.3) is 0 Å². The Morgan fingerprint density at radius 2 is 0.536 bits per heavy atom. The number of hydrogen-bond acceptors (Lipinski definition) is 6. The first-order chi connectivity index (χ1) is 61.1. The molecule has 1 aliphatic heterocycles. The molecule has 0 radical (unpaired) electrons. The van der Waals surface area contributed by atoms with Gasteiger partial charge >= 0.3 is 7.12 Å². The molecule has 0 atom stereocenters. The molecule has 22 aromatic carbocycles. The van der Waals surface area contributed by atoms with E-state index in [1.54, 1.807) is 0 Å². The van der Waals surface area contributed by atoms with E-state index in [4.69, 9.17) is 20.0 Å². The molecule has 0 amide bonds. The number of pyridine rings is 3. The smallest absolute Gasteiger partial charge is 0.399 e. The Morgan fingerprint density at radius 1 is 0.240 bits per heavy atom. The lowest BCUT2D eigenvalue weighted by Crippen LogP contribution is -2.41. The molecule has 26 rings (SSSR count). The van der Waals surface area contributed by atoms with Crippen LogP contribution in [0.4, 0.5) is 5.69 Å². The highest BCUT2D eigenvalue weighted by molar-refractivity contribution is 9.11. The molecule has 0 unspecified atom stereocenters. The summed E-state index contributed by atoms with van der Waals surface area (Å²) in [5, 5.41) is 33.7. The Morgan fingerprint density at radius 3 is 0.952 bits per heavy atom. The Balaban J connectivity index is 0.0000000956. The van der Waals surface area contributed by atoms with Gasteiger partial charge in [0.2, 0.25) is 0 Å². The van der Waals surface area contributed by atoms with E-state index in [1.165, 1.54) is 196 Å². The van der Waals surface area contributed by atoms with Gasteiger partial charge in [-0.05, 0) is 288 Å². The minimum Gasteiger partial charge on any atom is -0.399 e. The third-order valence-electron chi connectivity index (χ3n) is 25.8. The first-order valence-electron chi connectivity index (χ1n) is 42.3. The minimum atomic E-state index is -0.376. The number of nitrogen functional groups attached to an aromatic ring is 1. The lowest BCUT2D eigenvalue weighted by Gasteiger charge is -2.32.